The molecule has 0 atom stereocenters. The van der Waals surface area contributed by atoms with Crippen molar-refractivity contribution in [2.24, 2.45) is 0 Å². The number of fused-ring (bicyclic) bond motifs is 1. The molecule has 0 aliphatic rings. The Balaban J connectivity index is 1.48. The van der Waals surface area contributed by atoms with Crippen LogP contribution in [0, 0.1) is 0 Å². The number of ether oxygens (including phenoxy) is 1. The van der Waals surface area contributed by atoms with Crippen molar-refractivity contribution in [3.63, 3.8) is 0 Å². The summed E-state index contributed by atoms with van der Waals surface area (Å²) in [5, 5.41) is 7.75. The number of hydrogen-bond donors (Lipinski definition) is 1. The van der Waals surface area contributed by atoms with Crippen LogP contribution < -0.4 is 4.74 Å². The number of nitrogens with zero attached hydrogens (tertiary/aromatic N) is 2. The number of rotatable bonds is 9. The second kappa shape index (κ2) is 9.72. The van der Waals surface area contributed by atoms with Crippen molar-refractivity contribution < 1.29 is 17.9 Å². The number of sulfone groups is 1. The summed E-state index contributed by atoms with van der Waals surface area (Å²) in [5.74, 6) is 0.234. The molecule has 0 aliphatic heterocycles. The van der Waals surface area contributed by atoms with Gasteiger partial charge in [0.25, 0.3) is 0 Å². The number of benzene rings is 2. The van der Waals surface area contributed by atoms with Gasteiger partial charge in [-0.25, -0.2) is 13.4 Å². The fraction of sp³-hybridized carbons (Fsp3) is 0.208. The van der Waals surface area contributed by atoms with Crippen molar-refractivity contribution >= 4 is 38.3 Å². The van der Waals surface area contributed by atoms with Crippen molar-refractivity contribution in [1.82, 2.24) is 15.2 Å². The molecule has 7 nitrogen and oxygen atoms in total. The number of H-pyrrole nitrogens is 1. The lowest BCUT2D eigenvalue weighted by Gasteiger charge is -2.12. The number of pyridine rings is 1. The number of hydrogen-bond acceptors (Lipinski definition) is 6. The minimum Gasteiger partial charge on any atom is -0.492 e. The molecular formula is C24H22ClN3O4S. The molecule has 0 spiro atoms. The highest BCUT2D eigenvalue weighted by Gasteiger charge is 2.23. The molecule has 170 valence electrons. The number of aryl methyl sites for hydroxylation is 1. The quantitative estimate of drug-likeness (QED) is 0.334. The van der Waals surface area contributed by atoms with Crippen LogP contribution in [0.5, 0.6) is 5.75 Å². The summed E-state index contributed by atoms with van der Waals surface area (Å²) in [6, 6.07) is 12.8. The first-order valence-electron chi connectivity index (χ1n) is 10.5. The van der Waals surface area contributed by atoms with Crippen molar-refractivity contribution in [1.29, 1.82) is 0 Å². The number of carbonyl (C=O) groups excluding carboxylic acids is 1. The fourth-order valence-corrected chi connectivity index (χ4v) is 5.04. The number of Topliss-reactive ketones (excluding diaryl/α,β-unsaturated/α-hetero) is 1. The lowest BCUT2D eigenvalue weighted by molar-refractivity contribution is 0.0982. The second-order valence-corrected chi connectivity index (χ2v) is 9.90. The average Bonchev–Trinajstić information content (AvgIpc) is 3.30. The van der Waals surface area contributed by atoms with Crippen molar-refractivity contribution in [3.8, 4) is 5.75 Å². The van der Waals surface area contributed by atoms with Crippen LogP contribution in [0.1, 0.15) is 35.7 Å². The summed E-state index contributed by atoms with van der Waals surface area (Å²) in [5.41, 5.74) is 2.00. The molecule has 0 fully saturated rings. The van der Waals surface area contributed by atoms with Gasteiger partial charge in [0, 0.05) is 28.6 Å². The summed E-state index contributed by atoms with van der Waals surface area (Å²) in [7, 11) is -3.82. The Labute approximate surface area is 196 Å². The first-order chi connectivity index (χ1) is 15.9. The molecule has 4 aromatic rings. The van der Waals surface area contributed by atoms with Gasteiger partial charge in [0.1, 0.15) is 10.6 Å². The Morgan fingerprint density at radius 1 is 1.09 bits per heavy atom. The zero-order chi connectivity index (χ0) is 23.4. The van der Waals surface area contributed by atoms with Crippen LogP contribution in [0.3, 0.4) is 0 Å². The lowest BCUT2D eigenvalue weighted by Crippen LogP contribution is -2.07. The Morgan fingerprint density at radius 2 is 1.88 bits per heavy atom. The van der Waals surface area contributed by atoms with Gasteiger partial charge in [0.05, 0.1) is 17.7 Å². The van der Waals surface area contributed by atoms with Gasteiger partial charge >= 0.3 is 0 Å². The highest BCUT2D eigenvalue weighted by Crippen LogP contribution is 2.32. The van der Waals surface area contributed by atoms with Crippen molar-refractivity contribution in [3.05, 3.63) is 77.1 Å². The maximum atomic E-state index is 13.2. The van der Waals surface area contributed by atoms with Crippen LogP contribution in [-0.4, -0.2) is 36.0 Å². The summed E-state index contributed by atoms with van der Waals surface area (Å²) in [6.07, 6.45) is 4.66. The van der Waals surface area contributed by atoms with Gasteiger partial charge < -0.3 is 4.74 Å². The van der Waals surface area contributed by atoms with E-state index in [0.717, 1.165) is 17.4 Å². The van der Waals surface area contributed by atoms with Crippen LogP contribution in [0.15, 0.2) is 70.7 Å². The number of halogens is 1. The van der Waals surface area contributed by atoms with Crippen LogP contribution in [0.2, 0.25) is 5.02 Å². The van der Waals surface area contributed by atoms with E-state index in [0.29, 0.717) is 29.3 Å². The summed E-state index contributed by atoms with van der Waals surface area (Å²) in [4.78, 5) is 16.9. The maximum absolute atomic E-state index is 13.2. The third-order valence-corrected chi connectivity index (χ3v) is 7.17. The number of aromatic amines is 1. The number of ketones is 1. The van der Waals surface area contributed by atoms with E-state index in [4.69, 9.17) is 16.3 Å². The van der Waals surface area contributed by atoms with E-state index in [1.807, 2.05) is 6.92 Å². The monoisotopic (exact) mass is 483 g/mol. The molecule has 0 saturated heterocycles. The third kappa shape index (κ3) is 5.07. The molecular weight excluding hydrogens is 462 g/mol. The van der Waals surface area contributed by atoms with Crippen LogP contribution in [-0.2, 0) is 16.3 Å². The second-order valence-electron chi connectivity index (χ2n) is 7.54. The molecule has 2 aromatic carbocycles. The summed E-state index contributed by atoms with van der Waals surface area (Å²) >= 11 is 6.06. The Bertz CT molecular complexity index is 1400. The van der Waals surface area contributed by atoms with Crippen molar-refractivity contribution in [2.45, 2.75) is 36.0 Å². The Hall–Kier alpha value is -3.23. The van der Waals surface area contributed by atoms with Gasteiger partial charge in [-0.1, -0.05) is 30.7 Å². The predicted molar refractivity (Wildman–Crippen MR) is 126 cm³/mol. The van der Waals surface area contributed by atoms with Gasteiger partial charge in [-0.2, -0.15) is 5.10 Å². The van der Waals surface area contributed by atoms with E-state index in [1.165, 1.54) is 12.3 Å². The highest BCUT2D eigenvalue weighted by molar-refractivity contribution is 7.91. The maximum Gasteiger partial charge on any atom is 0.210 e. The molecule has 0 bridgehead atoms. The molecule has 2 aromatic heterocycles. The van der Waals surface area contributed by atoms with Crippen LogP contribution in [0.4, 0.5) is 0 Å². The summed E-state index contributed by atoms with van der Waals surface area (Å²) in [6.45, 7) is 2.35. The van der Waals surface area contributed by atoms with E-state index in [1.54, 1.807) is 48.7 Å². The molecule has 4 rings (SSSR count). The Morgan fingerprint density at radius 3 is 2.64 bits per heavy atom. The minimum atomic E-state index is -3.82. The molecule has 9 heteroatoms. The molecule has 2 heterocycles. The largest absolute Gasteiger partial charge is 0.492 e. The SMILES string of the molecule is CCCOc1ccc(Cl)cc1S(=O)(=O)c1ccc(CCC(=O)c2cnc3[nH]ncc3c2)cc1. The normalized spacial score (nSPS) is 11.6. The van der Waals surface area contributed by atoms with Crippen molar-refractivity contribution in [2.75, 3.05) is 6.61 Å². The van der Waals surface area contributed by atoms with Gasteiger partial charge in [0.2, 0.25) is 9.84 Å². The van der Waals surface area contributed by atoms with E-state index >= 15 is 0 Å². The molecule has 0 amide bonds. The van der Waals surface area contributed by atoms with E-state index in [2.05, 4.69) is 15.2 Å². The van der Waals surface area contributed by atoms with Gasteiger partial charge in [-0.3, -0.25) is 9.89 Å². The number of aromatic nitrogens is 3. The topological polar surface area (TPSA) is 102 Å². The molecule has 33 heavy (non-hydrogen) atoms. The van der Waals surface area contributed by atoms with E-state index < -0.39 is 9.84 Å². The Kier molecular flexibility index (Phi) is 6.76. The lowest BCUT2D eigenvalue weighted by atomic mass is 10.0. The molecule has 0 aliphatic carbocycles. The molecule has 1 N–H and O–H groups in total. The third-order valence-electron chi connectivity index (χ3n) is 5.14. The van der Waals surface area contributed by atoms with E-state index in [9.17, 15) is 13.2 Å². The molecule has 0 saturated carbocycles. The van der Waals surface area contributed by atoms with Gasteiger partial charge in [-0.05, 0) is 54.8 Å². The predicted octanol–water partition coefficient (Wildman–Crippen LogP) is 5.05. The zero-order valence-corrected chi connectivity index (χ0v) is 19.5. The van der Waals surface area contributed by atoms with Crippen LogP contribution >= 0.6 is 11.6 Å². The standard InChI is InChI=1S/C24H22ClN3O4S/c1-2-11-32-22-10-6-19(25)13-23(22)33(30,31)20-7-3-16(4-8-20)5-9-21(29)17-12-18-15-27-28-24(18)26-14-17/h3-4,6-8,10,12-15H,2,5,9,11H2,1H3,(H,26,27,28). The van der Waals surface area contributed by atoms with Crippen LogP contribution in [0.25, 0.3) is 11.0 Å². The number of nitrogens with one attached hydrogen (secondary N) is 1. The first-order valence-corrected chi connectivity index (χ1v) is 12.3. The highest BCUT2D eigenvalue weighted by atomic mass is 35.5. The van der Waals surface area contributed by atoms with E-state index in [-0.39, 0.29) is 27.7 Å². The molecule has 0 radical (unpaired) electrons. The zero-order valence-electron chi connectivity index (χ0n) is 17.9. The van der Waals surface area contributed by atoms with Gasteiger partial charge in [0.15, 0.2) is 11.4 Å². The minimum absolute atomic E-state index is 0.0357. The smallest absolute Gasteiger partial charge is 0.210 e. The molecule has 0 unspecified atom stereocenters. The first kappa shape index (κ1) is 22.9. The van der Waals surface area contributed by atoms with Gasteiger partial charge in [-0.15, -0.1) is 0 Å². The fourth-order valence-electron chi connectivity index (χ4n) is 3.38. The average molecular weight is 484 g/mol. The summed E-state index contributed by atoms with van der Waals surface area (Å²) < 4.78 is 32.0. The number of carbonyl (C=O) groups is 1.